The zero-order valence-electron chi connectivity index (χ0n) is 33.2. The number of nitrogens with zero attached hydrogens (tertiary/aromatic N) is 2. The lowest BCUT2D eigenvalue weighted by Crippen LogP contribution is -2.69. The second-order valence-corrected chi connectivity index (χ2v) is 17.2. The van der Waals surface area contributed by atoms with E-state index in [4.69, 9.17) is 28.0 Å². The third-order valence-electron chi connectivity index (χ3n) is 12.0. The SMILES string of the molecule is COc1ccc(C(OC23CC(CC(c4ccccc4)=C2C)C3(C)C)(c2ccc(OC)cc2)C2OCC(F)C2OP(OCCC#N)N(C(C)C)C(C)C)cc1. The Morgan fingerprint density at radius 1 is 0.926 bits per heavy atom. The topological polar surface area (TPSA) is 82.4 Å². The molecule has 1 aliphatic heterocycles. The summed E-state index contributed by atoms with van der Waals surface area (Å²) in [7, 11) is 1.47. The van der Waals surface area contributed by atoms with Crippen molar-refractivity contribution in [1.82, 2.24) is 4.67 Å². The molecule has 54 heavy (non-hydrogen) atoms. The zero-order valence-corrected chi connectivity index (χ0v) is 34.1. The first-order valence-electron chi connectivity index (χ1n) is 19.1. The Bertz CT molecular complexity index is 1740. The number of fused-ring (bicyclic) bond motifs is 1. The molecule has 0 amide bonds. The molecule has 10 heteroatoms. The summed E-state index contributed by atoms with van der Waals surface area (Å²) in [5.74, 6) is 1.75. The van der Waals surface area contributed by atoms with Gasteiger partial charge in [0.15, 0.2) is 6.17 Å². The van der Waals surface area contributed by atoms with Gasteiger partial charge in [0.2, 0.25) is 0 Å². The number of hydrogen-bond donors (Lipinski definition) is 0. The molecule has 1 heterocycles. The molecule has 3 aromatic rings. The van der Waals surface area contributed by atoms with Crippen LogP contribution < -0.4 is 9.47 Å². The van der Waals surface area contributed by atoms with Gasteiger partial charge in [-0.2, -0.15) is 5.26 Å². The fourth-order valence-electron chi connectivity index (χ4n) is 8.96. The van der Waals surface area contributed by atoms with Crippen LogP contribution >= 0.6 is 8.53 Å². The highest BCUT2D eigenvalue weighted by Gasteiger charge is 2.69. The lowest BCUT2D eigenvalue weighted by atomic mass is 9.44. The van der Waals surface area contributed by atoms with Gasteiger partial charge in [0, 0.05) is 17.5 Å². The van der Waals surface area contributed by atoms with E-state index in [1.807, 2.05) is 54.6 Å². The minimum atomic E-state index is -1.81. The van der Waals surface area contributed by atoms with Gasteiger partial charge in [-0.25, -0.2) is 9.06 Å². The van der Waals surface area contributed by atoms with Crippen LogP contribution in [0.1, 0.15) is 84.4 Å². The molecule has 6 atom stereocenters. The van der Waals surface area contributed by atoms with Crippen LogP contribution in [-0.4, -0.2) is 68.2 Å². The lowest BCUT2D eigenvalue weighted by Gasteiger charge is -2.68. The average molecular weight is 759 g/mol. The second-order valence-electron chi connectivity index (χ2n) is 15.8. The fourth-order valence-corrected chi connectivity index (χ4v) is 10.7. The summed E-state index contributed by atoms with van der Waals surface area (Å²) >= 11 is 0. The Balaban J connectivity index is 1.58. The predicted molar refractivity (Wildman–Crippen MR) is 211 cm³/mol. The number of methoxy groups -OCH3 is 2. The normalized spacial score (nSPS) is 25.5. The summed E-state index contributed by atoms with van der Waals surface area (Å²) in [4.78, 5) is 0. The van der Waals surface area contributed by atoms with Gasteiger partial charge in [0.05, 0.1) is 45.5 Å². The molecule has 290 valence electrons. The summed E-state index contributed by atoms with van der Waals surface area (Å²) in [6, 6.07) is 28.4. The van der Waals surface area contributed by atoms with Crippen molar-refractivity contribution in [3.8, 4) is 17.6 Å². The number of ether oxygens (including phenoxy) is 4. The van der Waals surface area contributed by atoms with Crippen molar-refractivity contribution < 1.29 is 32.4 Å². The van der Waals surface area contributed by atoms with E-state index >= 15 is 4.39 Å². The largest absolute Gasteiger partial charge is 0.497 e. The summed E-state index contributed by atoms with van der Waals surface area (Å²) < 4.78 is 58.1. The molecular formula is C44H56FN2O6P. The quantitative estimate of drug-likeness (QED) is 0.106. The molecule has 2 fully saturated rings. The van der Waals surface area contributed by atoms with Crippen LogP contribution in [0.15, 0.2) is 84.4 Å². The molecule has 0 N–H and O–H groups in total. The van der Waals surface area contributed by atoms with Gasteiger partial charge in [-0.1, -0.05) is 68.4 Å². The van der Waals surface area contributed by atoms with Crippen LogP contribution in [0, 0.1) is 22.7 Å². The molecule has 1 saturated heterocycles. The van der Waals surface area contributed by atoms with Crippen molar-refractivity contribution in [3.63, 3.8) is 0 Å². The number of nitriles is 1. The number of halogens is 1. The third kappa shape index (κ3) is 7.11. The van der Waals surface area contributed by atoms with E-state index in [-0.39, 0.29) is 37.1 Å². The second kappa shape index (κ2) is 16.4. The molecule has 2 bridgehead atoms. The molecule has 7 rings (SSSR count). The minimum absolute atomic E-state index is 0.0271. The first kappa shape index (κ1) is 40.3. The third-order valence-corrected chi connectivity index (χ3v) is 14.1. The molecule has 0 spiro atoms. The van der Waals surface area contributed by atoms with E-state index in [0.29, 0.717) is 17.4 Å². The Labute approximate surface area is 322 Å². The Hall–Kier alpha value is -3.35. The van der Waals surface area contributed by atoms with Crippen molar-refractivity contribution >= 4 is 14.1 Å². The molecule has 0 aromatic heterocycles. The maximum absolute atomic E-state index is 16.8. The van der Waals surface area contributed by atoms with Crippen molar-refractivity contribution in [1.29, 1.82) is 5.26 Å². The molecule has 8 nitrogen and oxygen atoms in total. The Morgan fingerprint density at radius 3 is 2.00 bits per heavy atom. The van der Waals surface area contributed by atoms with Crippen molar-refractivity contribution in [2.24, 2.45) is 11.3 Å². The molecule has 0 radical (unpaired) electrons. The van der Waals surface area contributed by atoms with Gasteiger partial charge < -0.3 is 28.0 Å². The van der Waals surface area contributed by atoms with Crippen molar-refractivity contribution in [2.45, 2.75) is 109 Å². The fraction of sp³-hybridized carbons (Fsp3) is 0.523. The maximum Gasteiger partial charge on any atom is 0.259 e. The van der Waals surface area contributed by atoms with Crippen LogP contribution in [-0.2, 0) is 24.1 Å². The van der Waals surface area contributed by atoms with Gasteiger partial charge in [0.25, 0.3) is 8.53 Å². The van der Waals surface area contributed by atoms with Gasteiger partial charge in [0.1, 0.15) is 29.3 Å². The average Bonchev–Trinajstić information content (AvgIpc) is 3.53. The highest BCUT2D eigenvalue weighted by Crippen LogP contribution is 2.69. The highest BCUT2D eigenvalue weighted by atomic mass is 31.2. The molecule has 6 unspecified atom stereocenters. The van der Waals surface area contributed by atoms with E-state index in [1.54, 1.807) is 14.2 Å². The standard InChI is InChI=1S/C44H56FN2O6P/c1-29(2)47(30(3)4)54(51-25-13-24-46)52-40-39(45)28-50-41(40)44(33-16-20-36(48-8)21-17-33,34-18-22-37(49-9)23-19-34)53-43-27-35(42(43,6)7)26-38(31(43)5)32-14-11-10-12-15-32/h10-12,14-23,29-30,35,39-41H,13,25-28H2,1-9H3. The number of benzene rings is 3. The van der Waals surface area contributed by atoms with E-state index in [9.17, 15) is 5.26 Å². The maximum atomic E-state index is 16.8. The highest BCUT2D eigenvalue weighted by molar-refractivity contribution is 7.44. The van der Waals surface area contributed by atoms with Gasteiger partial charge >= 0.3 is 0 Å². The van der Waals surface area contributed by atoms with E-state index < -0.39 is 38.1 Å². The molecule has 4 aliphatic rings. The smallest absolute Gasteiger partial charge is 0.259 e. The zero-order chi connectivity index (χ0) is 38.8. The summed E-state index contributed by atoms with van der Waals surface area (Å²) in [6.45, 7) is 15.1. The van der Waals surface area contributed by atoms with Gasteiger partial charge in [-0.15, -0.1) is 0 Å². The van der Waals surface area contributed by atoms with Crippen LogP contribution in [0.2, 0.25) is 0 Å². The first-order valence-corrected chi connectivity index (χ1v) is 20.2. The van der Waals surface area contributed by atoms with Crippen molar-refractivity contribution in [2.75, 3.05) is 27.4 Å². The Morgan fingerprint density at radius 2 is 1.50 bits per heavy atom. The van der Waals surface area contributed by atoms with E-state index in [0.717, 1.165) is 24.0 Å². The monoisotopic (exact) mass is 758 g/mol. The van der Waals surface area contributed by atoms with E-state index in [1.165, 1.54) is 16.7 Å². The molecule has 1 saturated carbocycles. The molecule has 3 aliphatic carbocycles. The van der Waals surface area contributed by atoms with Crippen LogP contribution in [0.3, 0.4) is 0 Å². The van der Waals surface area contributed by atoms with E-state index in [2.05, 4.69) is 83.5 Å². The number of hydrogen-bond acceptors (Lipinski definition) is 8. The lowest BCUT2D eigenvalue weighted by molar-refractivity contribution is -0.281. The van der Waals surface area contributed by atoms with Gasteiger partial charge in [-0.3, -0.25) is 0 Å². The minimum Gasteiger partial charge on any atom is -0.497 e. The number of alkyl halides is 1. The summed E-state index contributed by atoms with van der Waals surface area (Å²) in [5.41, 5.74) is 2.84. The van der Waals surface area contributed by atoms with Crippen LogP contribution in [0.4, 0.5) is 4.39 Å². The van der Waals surface area contributed by atoms with Crippen LogP contribution in [0.25, 0.3) is 5.57 Å². The summed E-state index contributed by atoms with van der Waals surface area (Å²) in [6.07, 6.45) is -1.56. The van der Waals surface area contributed by atoms with Crippen molar-refractivity contribution in [3.05, 3.63) is 101 Å². The molecular weight excluding hydrogens is 702 g/mol. The van der Waals surface area contributed by atoms with Gasteiger partial charge in [-0.05, 0) is 105 Å². The Kier molecular flexibility index (Phi) is 12.2. The van der Waals surface area contributed by atoms with Crippen LogP contribution in [0.5, 0.6) is 11.5 Å². The first-order chi connectivity index (χ1) is 25.8. The predicted octanol–water partition coefficient (Wildman–Crippen LogP) is 10.0. The summed E-state index contributed by atoms with van der Waals surface area (Å²) in [5, 5.41) is 9.38. The number of rotatable bonds is 16. The number of allylic oxidation sites excluding steroid dienone is 1. The molecule has 3 aromatic carbocycles.